The highest BCUT2D eigenvalue weighted by Gasteiger charge is 2.30. The number of aromatic hydroxyl groups is 2. The molecule has 0 bridgehead atoms. The van der Waals surface area contributed by atoms with Gasteiger partial charge in [0.15, 0.2) is 0 Å². The smallest absolute Gasteiger partial charge is 0.128 e. The van der Waals surface area contributed by atoms with E-state index < -0.39 is 0 Å². The van der Waals surface area contributed by atoms with Crippen LogP contribution in [0.5, 0.6) is 11.5 Å². The number of rotatable bonds is 38. The van der Waals surface area contributed by atoms with Gasteiger partial charge in [-0.1, -0.05) is 185 Å². The van der Waals surface area contributed by atoms with Crippen molar-refractivity contribution in [3.8, 4) is 11.5 Å². The predicted octanol–water partition coefficient (Wildman–Crippen LogP) is 19.7. The van der Waals surface area contributed by atoms with E-state index in [2.05, 4.69) is 121 Å². The fourth-order valence-electron chi connectivity index (χ4n) is 11.6. The number of aliphatic imine (C=N–C) groups is 2. The van der Waals surface area contributed by atoms with Crippen LogP contribution in [0.1, 0.15) is 283 Å². The minimum Gasteiger partial charge on any atom is -0.507 e. The van der Waals surface area contributed by atoms with Gasteiger partial charge in [0.05, 0.1) is 63.7 Å². The molecule has 0 saturated carbocycles. The number of unbranched alkanes of at least 4 members (excludes halogenated alkanes) is 8. The summed E-state index contributed by atoms with van der Waals surface area (Å²) < 4.78 is 2.55. The molecule has 0 saturated heterocycles. The molecule has 74 heavy (non-hydrogen) atoms. The van der Waals surface area contributed by atoms with Crippen LogP contribution < -0.4 is 0 Å². The zero-order chi connectivity index (χ0) is 54.6. The molecule has 0 aliphatic carbocycles. The van der Waals surface area contributed by atoms with Crippen molar-refractivity contribution in [2.45, 2.75) is 261 Å². The summed E-state index contributed by atoms with van der Waals surface area (Å²) in [6.45, 7) is 42.3. The van der Waals surface area contributed by atoms with Gasteiger partial charge in [-0.3, -0.25) is 9.98 Å². The highest BCUT2D eigenvalue weighted by atomic mass is 16.3. The maximum Gasteiger partial charge on any atom is 0.128 e. The Morgan fingerprint density at radius 3 is 0.946 bits per heavy atom. The number of para-hydroxylation sites is 2. The predicted molar refractivity (Wildman–Crippen MR) is 326 cm³/mol. The molecular weight excluding hydrogens is 905 g/mol. The van der Waals surface area contributed by atoms with Crippen LogP contribution in [0, 0.1) is 0 Å². The van der Waals surface area contributed by atoms with Gasteiger partial charge in [0, 0.05) is 34.7 Å². The molecule has 6 nitrogen and oxygen atoms in total. The largest absolute Gasteiger partial charge is 0.507 e. The minimum absolute atomic E-state index is 0.226. The van der Waals surface area contributed by atoms with Gasteiger partial charge in [0.2, 0.25) is 0 Å². The molecule has 6 heteroatoms. The maximum absolute atomic E-state index is 12.2. The van der Waals surface area contributed by atoms with Crippen molar-refractivity contribution in [2.75, 3.05) is 52.4 Å². The van der Waals surface area contributed by atoms with Crippen LogP contribution in [-0.4, -0.2) is 84.0 Å². The summed E-state index contributed by atoms with van der Waals surface area (Å²) in [5.41, 5.74) is 7.12. The maximum atomic E-state index is 12.2. The van der Waals surface area contributed by atoms with E-state index in [1.807, 2.05) is 36.7 Å². The Bertz CT molecular complexity index is 1980. The van der Waals surface area contributed by atoms with Crippen molar-refractivity contribution in [1.29, 1.82) is 0 Å². The second-order valence-electron chi connectivity index (χ2n) is 25.1. The molecule has 0 heterocycles. The van der Waals surface area contributed by atoms with Gasteiger partial charge in [-0.05, 0) is 135 Å². The molecule has 0 fully saturated rings. The van der Waals surface area contributed by atoms with Gasteiger partial charge in [-0.15, -0.1) is 0 Å². The number of hydrogen-bond donors (Lipinski definition) is 2. The Balaban J connectivity index is 2.19. The van der Waals surface area contributed by atoms with Crippen LogP contribution >= 0.6 is 0 Å². The molecule has 0 aliphatic heterocycles. The molecule has 0 unspecified atom stereocenters. The van der Waals surface area contributed by atoms with Crippen molar-refractivity contribution in [3.05, 3.63) is 81.9 Å². The van der Waals surface area contributed by atoms with Crippen LogP contribution in [0.3, 0.4) is 0 Å². The SMILES string of the molecule is CCCCC(CCCC)c1cc(C=Nc2ccccc2N=Cc2cc(C(CCC[N+](CCCC)(CCCC)CCCC)CCC[N+](CCCC)(CCCC)CCCC)cc(C(C)(C)C)c2O)c(O)c(C(C)(C)C)c1. The number of quaternary nitrogens is 2. The molecule has 0 aliphatic rings. The molecule has 3 rings (SSSR count). The molecule has 0 aromatic heterocycles. The number of phenols is 2. The summed E-state index contributed by atoms with van der Waals surface area (Å²) in [7, 11) is 0. The van der Waals surface area contributed by atoms with E-state index in [9.17, 15) is 10.2 Å². The van der Waals surface area contributed by atoms with E-state index in [1.165, 1.54) is 188 Å². The third kappa shape index (κ3) is 21.2. The van der Waals surface area contributed by atoms with Gasteiger partial charge in [-0.2, -0.15) is 0 Å². The first-order valence-electron chi connectivity index (χ1n) is 31.0. The molecule has 0 amide bonds. The second kappa shape index (κ2) is 33.6. The Hall–Kier alpha value is -3.48. The van der Waals surface area contributed by atoms with Crippen LogP contribution in [-0.2, 0) is 10.8 Å². The van der Waals surface area contributed by atoms with Crippen molar-refractivity contribution >= 4 is 23.8 Å². The zero-order valence-electron chi connectivity index (χ0n) is 50.8. The standard InChI is InChI=1S/C68H114N4O2/c1-15-23-35-55(36-24-16-2)57-49-59(65(73)61(51-57)67(9,10)11)53-69-63-39-31-32-40-64(63)70-54-60-50-58(52-62(66(60)74)68(12,13)14)56(37-33-47-71(41-25-17-3,42-26-18-4)43-27-19-5)38-34-48-72(44-28-20-6,45-29-21-7)46-30-22-8/h31-32,39-40,49-56H,15-30,33-38,41-48H2,1-14H3/p+2. The summed E-state index contributed by atoms with van der Waals surface area (Å²) in [5.74, 6) is 1.47. The lowest BCUT2D eigenvalue weighted by Gasteiger charge is -2.40. The first-order valence-corrected chi connectivity index (χ1v) is 31.0. The topological polar surface area (TPSA) is 65.2 Å². The molecule has 0 spiro atoms. The third-order valence-electron chi connectivity index (χ3n) is 16.5. The van der Waals surface area contributed by atoms with E-state index >= 15 is 0 Å². The fourth-order valence-corrected chi connectivity index (χ4v) is 11.6. The van der Waals surface area contributed by atoms with Gasteiger partial charge in [-0.25, -0.2) is 0 Å². The Morgan fingerprint density at radius 1 is 0.405 bits per heavy atom. The van der Waals surface area contributed by atoms with Crippen LogP contribution in [0.4, 0.5) is 11.4 Å². The first kappa shape index (κ1) is 64.8. The van der Waals surface area contributed by atoms with Crippen LogP contribution in [0.25, 0.3) is 0 Å². The van der Waals surface area contributed by atoms with Gasteiger partial charge >= 0.3 is 0 Å². The summed E-state index contributed by atoms with van der Waals surface area (Å²) in [5, 5.41) is 24.1. The van der Waals surface area contributed by atoms with Crippen molar-refractivity contribution in [2.24, 2.45) is 9.98 Å². The quantitative estimate of drug-likeness (QED) is 0.0444. The number of nitrogens with zero attached hydrogens (tertiary/aromatic N) is 4. The van der Waals surface area contributed by atoms with Crippen LogP contribution in [0.2, 0.25) is 0 Å². The van der Waals surface area contributed by atoms with Gasteiger partial charge in [0.1, 0.15) is 11.5 Å². The third-order valence-corrected chi connectivity index (χ3v) is 16.5. The second-order valence-corrected chi connectivity index (χ2v) is 25.1. The van der Waals surface area contributed by atoms with Crippen molar-refractivity contribution in [3.63, 3.8) is 0 Å². The Morgan fingerprint density at radius 2 is 0.676 bits per heavy atom. The molecule has 3 aromatic carbocycles. The first-order chi connectivity index (χ1) is 35.4. The molecule has 418 valence electrons. The highest BCUT2D eigenvalue weighted by Crippen LogP contribution is 2.41. The summed E-state index contributed by atoms with van der Waals surface area (Å²) in [6.07, 6.45) is 30.9. The Labute approximate surface area is 457 Å². The molecule has 0 atom stereocenters. The monoisotopic (exact) mass is 1020 g/mol. The fraction of sp³-hybridized carbons (Fsp3) is 0.706. The molecule has 3 aromatic rings. The number of benzene rings is 3. The number of hydrogen-bond acceptors (Lipinski definition) is 4. The van der Waals surface area contributed by atoms with Gasteiger partial charge in [0.25, 0.3) is 0 Å². The Kier molecular flexibility index (Phi) is 29.4. The van der Waals surface area contributed by atoms with Crippen molar-refractivity contribution < 1.29 is 19.2 Å². The normalized spacial score (nSPS) is 13.0. The lowest BCUT2D eigenvalue weighted by atomic mass is 9.80. The number of phenolic OH excluding ortho intramolecular Hbond substituents is 2. The van der Waals surface area contributed by atoms with Gasteiger partial charge < -0.3 is 19.2 Å². The van der Waals surface area contributed by atoms with Crippen molar-refractivity contribution in [1.82, 2.24) is 0 Å². The average Bonchev–Trinajstić information content (AvgIpc) is 3.37. The van der Waals surface area contributed by atoms with E-state index in [1.54, 1.807) is 0 Å². The molecular formula is C68H116N4O2+2. The lowest BCUT2D eigenvalue weighted by molar-refractivity contribution is -0.929. The zero-order valence-corrected chi connectivity index (χ0v) is 50.8. The molecule has 2 N–H and O–H groups in total. The minimum atomic E-state index is -0.261. The van der Waals surface area contributed by atoms with E-state index in [0.717, 1.165) is 59.3 Å². The summed E-state index contributed by atoms with van der Waals surface area (Å²) in [6, 6.07) is 17.2. The lowest BCUT2D eigenvalue weighted by Crippen LogP contribution is -2.51. The van der Waals surface area contributed by atoms with E-state index in [-0.39, 0.29) is 10.8 Å². The summed E-state index contributed by atoms with van der Waals surface area (Å²) in [4.78, 5) is 10.2. The van der Waals surface area contributed by atoms with E-state index in [4.69, 9.17) is 9.98 Å². The average molecular weight is 1020 g/mol. The van der Waals surface area contributed by atoms with E-state index in [0.29, 0.717) is 23.3 Å². The summed E-state index contributed by atoms with van der Waals surface area (Å²) >= 11 is 0. The van der Waals surface area contributed by atoms with Crippen LogP contribution in [0.15, 0.2) is 58.5 Å². The molecule has 0 radical (unpaired) electrons. The highest BCUT2D eigenvalue weighted by molar-refractivity contribution is 5.90.